The minimum absolute atomic E-state index is 0.705. The average molecular weight is 426 g/mol. The fraction of sp³-hybridized carbons (Fsp3) is 0.250. The summed E-state index contributed by atoms with van der Waals surface area (Å²) < 4.78 is 6.41. The van der Waals surface area contributed by atoms with E-state index in [4.69, 9.17) is 16.3 Å². The summed E-state index contributed by atoms with van der Waals surface area (Å²) in [5.74, 6) is 0.758. The molecule has 4 rings (SSSR count). The van der Waals surface area contributed by atoms with Gasteiger partial charge in [-0.3, -0.25) is 0 Å². The fourth-order valence-electron chi connectivity index (χ4n) is 2.72. The van der Waals surface area contributed by atoms with Crippen LogP contribution in [-0.4, -0.2) is 41.5 Å². The summed E-state index contributed by atoms with van der Waals surface area (Å²) in [7, 11) is 0. The summed E-state index contributed by atoms with van der Waals surface area (Å²) >= 11 is 11.6. The summed E-state index contributed by atoms with van der Waals surface area (Å²) in [6, 6.07) is 8.12. The van der Waals surface area contributed by atoms with Crippen molar-refractivity contribution in [2.75, 3.05) is 31.2 Å². The van der Waals surface area contributed by atoms with Gasteiger partial charge < -0.3 is 14.6 Å². The van der Waals surface area contributed by atoms with Gasteiger partial charge in [-0.05, 0) is 18.2 Å². The highest BCUT2D eigenvalue weighted by Gasteiger charge is 2.21. The van der Waals surface area contributed by atoms with E-state index < -0.39 is 0 Å². The van der Waals surface area contributed by atoms with Gasteiger partial charge in [-0.1, -0.05) is 33.6 Å². The van der Waals surface area contributed by atoms with Crippen LogP contribution in [0, 0.1) is 0 Å². The van der Waals surface area contributed by atoms with E-state index in [9.17, 15) is 0 Å². The molecule has 1 saturated heterocycles. The van der Waals surface area contributed by atoms with Gasteiger partial charge in [0, 0.05) is 33.7 Å². The Labute approximate surface area is 156 Å². The predicted octanol–water partition coefficient (Wildman–Crippen LogP) is 4.45. The molecular formula is C16H14BrClN4OS. The number of aromatic amines is 1. The number of rotatable bonds is 3. The molecule has 0 unspecified atom stereocenters. The Morgan fingerprint density at radius 1 is 1.21 bits per heavy atom. The summed E-state index contributed by atoms with van der Waals surface area (Å²) in [5, 5.41) is 10.0. The van der Waals surface area contributed by atoms with Crippen molar-refractivity contribution < 1.29 is 4.74 Å². The number of hydrogen-bond donors (Lipinski definition) is 1. The normalized spacial score (nSPS) is 15.0. The lowest BCUT2D eigenvalue weighted by Gasteiger charge is -2.27. The minimum atomic E-state index is 0.705. The van der Waals surface area contributed by atoms with Crippen LogP contribution in [-0.2, 0) is 4.74 Å². The lowest BCUT2D eigenvalue weighted by atomic mass is 10.1. The molecule has 5 nitrogen and oxygen atoms in total. The SMILES string of the molecule is Clc1cc(Br)ccc1-c1cc(N2CCOCC2)sc1-c1nnc[nH]1. The second-order valence-corrected chi connectivity index (χ2v) is 7.74. The summed E-state index contributed by atoms with van der Waals surface area (Å²) in [6.07, 6.45) is 1.59. The maximum absolute atomic E-state index is 6.49. The van der Waals surface area contributed by atoms with Gasteiger partial charge >= 0.3 is 0 Å². The zero-order valence-electron chi connectivity index (χ0n) is 12.6. The van der Waals surface area contributed by atoms with Crippen LogP contribution in [0.15, 0.2) is 35.1 Å². The number of nitrogens with zero attached hydrogens (tertiary/aromatic N) is 3. The lowest BCUT2D eigenvalue weighted by Crippen LogP contribution is -2.35. The quantitative estimate of drug-likeness (QED) is 0.673. The minimum Gasteiger partial charge on any atom is -0.378 e. The van der Waals surface area contributed by atoms with Crippen molar-refractivity contribution in [2.24, 2.45) is 0 Å². The van der Waals surface area contributed by atoms with Gasteiger partial charge in [0.15, 0.2) is 5.82 Å². The first kappa shape index (κ1) is 16.1. The molecule has 1 aliphatic rings. The molecule has 1 fully saturated rings. The van der Waals surface area contributed by atoms with Crippen molar-refractivity contribution in [3.63, 3.8) is 0 Å². The summed E-state index contributed by atoms with van der Waals surface area (Å²) in [5.41, 5.74) is 2.05. The van der Waals surface area contributed by atoms with E-state index in [1.165, 1.54) is 5.00 Å². The molecular weight excluding hydrogens is 412 g/mol. The van der Waals surface area contributed by atoms with Crippen LogP contribution in [0.1, 0.15) is 0 Å². The molecule has 0 radical (unpaired) electrons. The number of hydrogen-bond acceptors (Lipinski definition) is 5. The highest BCUT2D eigenvalue weighted by molar-refractivity contribution is 9.10. The average Bonchev–Trinajstić information content (AvgIpc) is 3.25. The van der Waals surface area contributed by atoms with Gasteiger partial charge in [-0.15, -0.1) is 21.5 Å². The zero-order chi connectivity index (χ0) is 16.5. The molecule has 124 valence electrons. The Morgan fingerprint density at radius 3 is 2.75 bits per heavy atom. The van der Waals surface area contributed by atoms with Crippen LogP contribution in [0.25, 0.3) is 21.8 Å². The van der Waals surface area contributed by atoms with Crippen molar-refractivity contribution in [1.82, 2.24) is 15.2 Å². The third-order valence-corrected chi connectivity index (χ3v) is 5.90. The predicted molar refractivity (Wildman–Crippen MR) is 101 cm³/mol. The number of thiophene rings is 1. The maximum atomic E-state index is 6.49. The van der Waals surface area contributed by atoms with Crippen LogP contribution in [0.5, 0.6) is 0 Å². The lowest BCUT2D eigenvalue weighted by molar-refractivity contribution is 0.123. The maximum Gasteiger partial charge on any atom is 0.171 e. The van der Waals surface area contributed by atoms with E-state index in [1.54, 1.807) is 17.7 Å². The van der Waals surface area contributed by atoms with Crippen LogP contribution in [0.2, 0.25) is 5.02 Å². The van der Waals surface area contributed by atoms with E-state index >= 15 is 0 Å². The molecule has 0 aliphatic carbocycles. The van der Waals surface area contributed by atoms with Crippen molar-refractivity contribution in [3.8, 4) is 21.8 Å². The molecule has 2 aromatic heterocycles. The van der Waals surface area contributed by atoms with Crippen LogP contribution >= 0.6 is 38.9 Å². The molecule has 0 amide bonds. The molecule has 0 bridgehead atoms. The third kappa shape index (κ3) is 3.09. The van der Waals surface area contributed by atoms with Crippen molar-refractivity contribution in [3.05, 3.63) is 40.1 Å². The molecule has 24 heavy (non-hydrogen) atoms. The van der Waals surface area contributed by atoms with E-state index in [1.807, 2.05) is 18.2 Å². The first-order valence-corrected chi connectivity index (χ1v) is 9.49. The Hall–Kier alpha value is -1.41. The Bertz CT molecular complexity index is 846. The van der Waals surface area contributed by atoms with Gasteiger partial charge in [-0.25, -0.2) is 0 Å². The number of morpholine rings is 1. The number of ether oxygens (including phenoxy) is 1. The summed E-state index contributed by atoms with van der Waals surface area (Å²) in [4.78, 5) is 6.48. The van der Waals surface area contributed by atoms with Gasteiger partial charge in [0.1, 0.15) is 6.33 Å². The van der Waals surface area contributed by atoms with E-state index in [0.717, 1.165) is 52.6 Å². The fourth-order valence-corrected chi connectivity index (χ4v) is 4.67. The van der Waals surface area contributed by atoms with Gasteiger partial charge in [0.05, 0.1) is 23.1 Å². The number of aromatic nitrogens is 3. The van der Waals surface area contributed by atoms with Crippen LogP contribution < -0.4 is 4.90 Å². The van der Waals surface area contributed by atoms with Crippen molar-refractivity contribution in [1.29, 1.82) is 0 Å². The molecule has 3 heterocycles. The second-order valence-electron chi connectivity index (χ2n) is 5.39. The topological polar surface area (TPSA) is 54.0 Å². The highest BCUT2D eigenvalue weighted by atomic mass is 79.9. The standard InChI is InChI=1S/C16H14BrClN4OS/c17-10-1-2-11(13(18)7-10)12-8-14(22-3-5-23-6-4-22)24-15(12)16-19-9-20-21-16/h1-2,7-9H,3-6H2,(H,19,20,21). The molecule has 0 spiro atoms. The Kier molecular flexibility index (Phi) is 4.58. The van der Waals surface area contributed by atoms with Crippen molar-refractivity contribution >= 4 is 43.9 Å². The molecule has 1 N–H and O–H groups in total. The number of nitrogens with one attached hydrogen (secondary N) is 1. The first-order chi connectivity index (χ1) is 11.7. The Morgan fingerprint density at radius 2 is 2.04 bits per heavy atom. The monoisotopic (exact) mass is 424 g/mol. The first-order valence-electron chi connectivity index (χ1n) is 7.51. The van der Waals surface area contributed by atoms with Crippen molar-refractivity contribution in [2.45, 2.75) is 0 Å². The number of benzene rings is 1. The van der Waals surface area contributed by atoms with Crippen LogP contribution in [0.3, 0.4) is 0 Å². The zero-order valence-corrected chi connectivity index (χ0v) is 15.8. The molecule has 1 aromatic carbocycles. The third-order valence-electron chi connectivity index (χ3n) is 3.89. The van der Waals surface area contributed by atoms with E-state index in [0.29, 0.717) is 5.02 Å². The van der Waals surface area contributed by atoms with Gasteiger partial charge in [0.2, 0.25) is 0 Å². The summed E-state index contributed by atoms with van der Waals surface area (Å²) in [6.45, 7) is 3.29. The number of anilines is 1. The smallest absolute Gasteiger partial charge is 0.171 e. The van der Waals surface area contributed by atoms with Gasteiger partial charge in [0.25, 0.3) is 0 Å². The second kappa shape index (κ2) is 6.84. The Balaban J connectivity index is 1.83. The van der Waals surface area contributed by atoms with Crippen LogP contribution in [0.4, 0.5) is 5.00 Å². The number of halogens is 2. The number of H-pyrrole nitrogens is 1. The molecule has 1 aliphatic heterocycles. The largest absolute Gasteiger partial charge is 0.378 e. The molecule has 0 saturated carbocycles. The highest BCUT2D eigenvalue weighted by Crippen LogP contribution is 2.44. The molecule has 3 aromatic rings. The molecule has 0 atom stereocenters. The van der Waals surface area contributed by atoms with E-state index in [-0.39, 0.29) is 0 Å². The van der Waals surface area contributed by atoms with E-state index in [2.05, 4.69) is 42.1 Å². The molecule has 8 heteroatoms. The van der Waals surface area contributed by atoms with Gasteiger partial charge in [-0.2, -0.15) is 0 Å².